The van der Waals surface area contributed by atoms with Crippen LogP contribution >= 0.6 is 23.1 Å². The summed E-state index contributed by atoms with van der Waals surface area (Å²) in [7, 11) is 0. The summed E-state index contributed by atoms with van der Waals surface area (Å²) in [5, 5.41) is 4.87. The fraction of sp³-hybridized carbons (Fsp3) is 0.167. The number of nitrogens with one attached hydrogen (secondary N) is 1. The van der Waals surface area contributed by atoms with Gasteiger partial charge in [-0.15, -0.1) is 11.3 Å². The second kappa shape index (κ2) is 7.59. The molecule has 1 N–H and O–H groups in total. The Kier molecular flexibility index (Phi) is 5.27. The van der Waals surface area contributed by atoms with Crippen LogP contribution in [0.4, 0.5) is 5.82 Å². The van der Waals surface area contributed by atoms with Gasteiger partial charge in [0.05, 0.1) is 0 Å². The van der Waals surface area contributed by atoms with Gasteiger partial charge in [-0.25, -0.2) is 9.97 Å². The van der Waals surface area contributed by atoms with E-state index in [0.717, 1.165) is 27.0 Å². The summed E-state index contributed by atoms with van der Waals surface area (Å²) in [5.41, 5.74) is 3.71. The van der Waals surface area contributed by atoms with Gasteiger partial charge in [-0.1, -0.05) is 30.0 Å². The van der Waals surface area contributed by atoms with E-state index in [1.165, 1.54) is 0 Å². The largest absolute Gasteiger partial charge is 0.307 e. The molecule has 2 aromatic heterocycles. The normalized spacial score (nSPS) is 10.6. The molecule has 0 spiro atoms. The predicted molar refractivity (Wildman–Crippen MR) is 99.8 cm³/mol. The van der Waals surface area contributed by atoms with E-state index in [4.69, 9.17) is 0 Å². The smallest absolute Gasteiger partial charge is 0.256 e. The number of anilines is 1. The zero-order valence-corrected chi connectivity index (χ0v) is 15.1. The third-order valence-electron chi connectivity index (χ3n) is 3.31. The predicted octanol–water partition coefficient (Wildman–Crippen LogP) is 4.70. The minimum atomic E-state index is -0.150. The van der Waals surface area contributed by atoms with Crippen LogP contribution in [0.15, 0.2) is 52.2 Å². The number of thiazole rings is 1. The molecule has 3 aromatic rings. The molecule has 0 radical (unpaired) electrons. The zero-order chi connectivity index (χ0) is 16.9. The molecule has 6 heteroatoms. The lowest BCUT2D eigenvalue weighted by molar-refractivity contribution is 0.102. The van der Waals surface area contributed by atoms with Gasteiger partial charge in [0.15, 0.2) is 0 Å². The minimum absolute atomic E-state index is 0.150. The topological polar surface area (TPSA) is 54.9 Å². The Labute approximate surface area is 149 Å². The lowest BCUT2D eigenvalue weighted by Crippen LogP contribution is -2.13. The van der Waals surface area contributed by atoms with E-state index in [0.29, 0.717) is 11.4 Å². The number of hydrogen-bond acceptors (Lipinski definition) is 5. The fourth-order valence-corrected chi connectivity index (χ4v) is 3.90. The third-order valence-corrected chi connectivity index (χ3v) is 5.52. The molecule has 1 aromatic carbocycles. The van der Waals surface area contributed by atoms with E-state index >= 15 is 0 Å². The molecule has 4 nitrogen and oxygen atoms in total. The molecule has 0 aliphatic rings. The first-order valence-electron chi connectivity index (χ1n) is 7.49. The average molecular weight is 355 g/mol. The highest BCUT2D eigenvalue weighted by Gasteiger charge is 2.07. The summed E-state index contributed by atoms with van der Waals surface area (Å²) in [5.74, 6) is 1.26. The quantitative estimate of drug-likeness (QED) is 0.674. The van der Waals surface area contributed by atoms with E-state index < -0.39 is 0 Å². The van der Waals surface area contributed by atoms with Crippen molar-refractivity contribution in [1.29, 1.82) is 0 Å². The summed E-state index contributed by atoms with van der Waals surface area (Å²) in [6, 6.07) is 13.2. The maximum Gasteiger partial charge on any atom is 0.256 e. The van der Waals surface area contributed by atoms with Crippen LogP contribution in [-0.4, -0.2) is 15.9 Å². The highest BCUT2D eigenvalue weighted by molar-refractivity contribution is 8.00. The summed E-state index contributed by atoms with van der Waals surface area (Å²) in [6.07, 6.45) is 0. The van der Waals surface area contributed by atoms with Gasteiger partial charge in [-0.2, -0.15) is 0 Å². The second-order valence-electron chi connectivity index (χ2n) is 5.36. The molecule has 0 atom stereocenters. The van der Waals surface area contributed by atoms with Crippen molar-refractivity contribution >= 4 is 34.8 Å². The van der Waals surface area contributed by atoms with Gasteiger partial charge in [0, 0.05) is 28.1 Å². The Morgan fingerprint density at radius 2 is 1.88 bits per heavy atom. The van der Waals surface area contributed by atoms with Crippen LogP contribution in [0.1, 0.15) is 27.3 Å². The minimum Gasteiger partial charge on any atom is -0.307 e. The molecular formula is C18H17N3OS2. The highest BCUT2D eigenvalue weighted by atomic mass is 32.2. The Morgan fingerprint density at radius 1 is 1.08 bits per heavy atom. The summed E-state index contributed by atoms with van der Waals surface area (Å²) >= 11 is 3.37. The number of aryl methyl sites for hydroxylation is 2. The number of benzene rings is 1. The van der Waals surface area contributed by atoms with Gasteiger partial charge in [-0.3, -0.25) is 4.79 Å². The first-order valence-corrected chi connectivity index (χ1v) is 9.35. The van der Waals surface area contributed by atoms with E-state index in [1.807, 2.05) is 50.2 Å². The van der Waals surface area contributed by atoms with Crippen molar-refractivity contribution in [2.75, 3.05) is 5.32 Å². The second-order valence-corrected chi connectivity index (χ2v) is 7.44. The lowest BCUT2D eigenvalue weighted by atomic mass is 10.1. The SMILES string of the molecule is Cc1cccc(NC(=O)c2ccc(CSc3nc(C)cs3)cc2)n1. The van der Waals surface area contributed by atoms with Crippen LogP contribution in [0.3, 0.4) is 0 Å². The third kappa shape index (κ3) is 4.43. The molecule has 2 heterocycles. The fourth-order valence-electron chi connectivity index (χ4n) is 2.10. The van der Waals surface area contributed by atoms with Crippen molar-refractivity contribution in [3.05, 3.63) is 70.4 Å². The van der Waals surface area contributed by atoms with E-state index in [1.54, 1.807) is 29.2 Å². The van der Waals surface area contributed by atoms with Crippen LogP contribution in [0.5, 0.6) is 0 Å². The van der Waals surface area contributed by atoms with Gasteiger partial charge in [-0.05, 0) is 43.7 Å². The Balaban J connectivity index is 1.60. The molecule has 0 unspecified atom stereocenters. The van der Waals surface area contributed by atoms with Crippen LogP contribution in [0, 0.1) is 13.8 Å². The van der Waals surface area contributed by atoms with Crippen molar-refractivity contribution in [1.82, 2.24) is 9.97 Å². The van der Waals surface area contributed by atoms with Crippen LogP contribution in [0.2, 0.25) is 0 Å². The number of carbonyl (C=O) groups excluding carboxylic acids is 1. The molecule has 0 aliphatic heterocycles. The maximum atomic E-state index is 12.3. The van der Waals surface area contributed by atoms with Crippen LogP contribution in [-0.2, 0) is 5.75 Å². The number of pyridine rings is 1. The number of amides is 1. The molecular weight excluding hydrogens is 338 g/mol. The molecule has 24 heavy (non-hydrogen) atoms. The number of rotatable bonds is 5. The van der Waals surface area contributed by atoms with Gasteiger partial charge in [0.1, 0.15) is 10.2 Å². The van der Waals surface area contributed by atoms with Crippen LogP contribution < -0.4 is 5.32 Å². The molecule has 1 amide bonds. The molecule has 0 saturated carbocycles. The Bertz CT molecular complexity index is 843. The number of hydrogen-bond donors (Lipinski definition) is 1. The van der Waals surface area contributed by atoms with Crippen molar-refractivity contribution < 1.29 is 4.79 Å². The molecule has 3 rings (SSSR count). The van der Waals surface area contributed by atoms with Crippen LogP contribution in [0.25, 0.3) is 0 Å². The lowest BCUT2D eigenvalue weighted by Gasteiger charge is -2.06. The molecule has 0 aliphatic carbocycles. The molecule has 0 bridgehead atoms. The van der Waals surface area contributed by atoms with Crippen molar-refractivity contribution in [3.63, 3.8) is 0 Å². The van der Waals surface area contributed by atoms with Gasteiger partial charge in [0.2, 0.25) is 0 Å². The summed E-state index contributed by atoms with van der Waals surface area (Å²) in [4.78, 5) is 21.0. The van der Waals surface area contributed by atoms with Crippen molar-refractivity contribution in [2.45, 2.75) is 23.9 Å². The highest BCUT2D eigenvalue weighted by Crippen LogP contribution is 2.26. The number of aromatic nitrogens is 2. The summed E-state index contributed by atoms with van der Waals surface area (Å²) in [6.45, 7) is 3.89. The van der Waals surface area contributed by atoms with E-state index in [9.17, 15) is 4.79 Å². The zero-order valence-electron chi connectivity index (χ0n) is 13.4. The van der Waals surface area contributed by atoms with Gasteiger partial charge < -0.3 is 5.32 Å². The van der Waals surface area contributed by atoms with Gasteiger partial charge >= 0.3 is 0 Å². The first-order chi connectivity index (χ1) is 11.6. The average Bonchev–Trinajstić information content (AvgIpc) is 2.99. The number of thioether (sulfide) groups is 1. The first kappa shape index (κ1) is 16.7. The van der Waals surface area contributed by atoms with Crippen molar-refractivity contribution in [3.8, 4) is 0 Å². The molecule has 0 fully saturated rings. The maximum absolute atomic E-state index is 12.3. The van der Waals surface area contributed by atoms with Crippen molar-refractivity contribution in [2.24, 2.45) is 0 Å². The Hall–Kier alpha value is -2.18. The number of nitrogens with zero attached hydrogens (tertiary/aromatic N) is 2. The van der Waals surface area contributed by atoms with E-state index in [-0.39, 0.29) is 5.91 Å². The monoisotopic (exact) mass is 355 g/mol. The standard InChI is InChI=1S/C18H17N3OS2/c1-12-4-3-5-16(19-12)21-17(22)15-8-6-14(7-9-15)11-24-18-20-13(2)10-23-18/h3-10H,11H2,1-2H3,(H,19,21,22). The molecule has 122 valence electrons. The Morgan fingerprint density at radius 3 is 2.54 bits per heavy atom. The summed E-state index contributed by atoms with van der Waals surface area (Å²) < 4.78 is 1.07. The van der Waals surface area contributed by atoms with Gasteiger partial charge in [0.25, 0.3) is 5.91 Å². The van der Waals surface area contributed by atoms with E-state index in [2.05, 4.69) is 20.7 Å². The molecule has 0 saturated heterocycles. The number of carbonyl (C=O) groups is 1.